The zero-order chi connectivity index (χ0) is 15.2. The van der Waals surface area contributed by atoms with Gasteiger partial charge in [0.25, 0.3) is 0 Å². The van der Waals surface area contributed by atoms with Gasteiger partial charge in [-0.1, -0.05) is 25.1 Å². The predicted octanol–water partition coefficient (Wildman–Crippen LogP) is 3.24. The van der Waals surface area contributed by atoms with Crippen LogP contribution in [0, 0.1) is 0 Å². The summed E-state index contributed by atoms with van der Waals surface area (Å²) < 4.78 is 15.8. The van der Waals surface area contributed by atoms with Crippen LogP contribution in [0.25, 0.3) is 11.0 Å². The summed E-state index contributed by atoms with van der Waals surface area (Å²) >= 11 is 0. The summed E-state index contributed by atoms with van der Waals surface area (Å²) in [6.07, 6.45) is 5.70. The summed E-state index contributed by atoms with van der Waals surface area (Å²) in [6.45, 7) is 2.42. The second-order valence-corrected chi connectivity index (χ2v) is 4.42. The molecule has 0 atom stereocenters. The van der Waals surface area contributed by atoms with E-state index >= 15 is 0 Å². The third-order valence-electron chi connectivity index (χ3n) is 2.96. The van der Waals surface area contributed by atoms with Gasteiger partial charge in [-0.25, -0.2) is 4.79 Å². The second kappa shape index (κ2) is 6.83. The molecule has 2 rings (SSSR count). The summed E-state index contributed by atoms with van der Waals surface area (Å²) in [5.41, 5.74) is -0.366. The number of benzene rings is 1. The molecule has 0 fully saturated rings. The van der Waals surface area contributed by atoms with Crippen LogP contribution in [0.3, 0.4) is 0 Å². The molecule has 0 radical (unpaired) electrons. The van der Waals surface area contributed by atoms with E-state index in [2.05, 4.69) is 0 Å². The summed E-state index contributed by atoms with van der Waals surface area (Å²) in [6, 6.07) is 4.70. The Morgan fingerprint density at radius 3 is 2.81 bits per heavy atom. The molecule has 1 aromatic heterocycles. The highest BCUT2D eigenvalue weighted by atomic mass is 16.5. The van der Waals surface area contributed by atoms with Crippen LogP contribution in [0.5, 0.6) is 17.2 Å². The molecule has 0 unspecified atom stereocenters. The number of hydrogen-bond acceptors (Lipinski definition) is 5. The van der Waals surface area contributed by atoms with Crippen LogP contribution in [0.1, 0.15) is 19.8 Å². The molecule has 112 valence electrons. The van der Waals surface area contributed by atoms with E-state index in [-0.39, 0.29) is 22.8 Å². The van der Waals surface area contributed by atoms with Crippen LogP contribution in [0.4, 0.5) is 0 Å². The first kappa shape index (κ1) is 15.0. The summed E-state index contributed by atoms with van der Waals surface area (Å²) in [7, 11) is 1.36. The molecular formula is C16H18O5. The molecule has 0 amide bonds. The van der Waals surface area contributed by atoms with Gasteiger partial charge in [-0.2, -0.15) is 0 Å². The lowest BCUT2D eigenvalue weighted by Gasteiger charge is -2.12. The zero-order valence-electron chi connectivity index (χ0n) is 12.1. The quantitative estimate of drug-likeness (QED) is 0.502. The first-order valence-corrected chi connectivity index (χ1v) is 6.79. The molecule has 1 N–H and O–H groups in total. The standard InChI is InChI=1S/C16H18O5/c1-3-4-5-6-10-20-14-13-11(17)8-7-9-12(13)21-16(18)15(14)19-2/h4-5,7-9,17H,3,6,10H2,1-2H3. The van der Waals surface area contributed by atoms with E-state index in [0.29, 0.717) is 18.4 Å². The maximum atomic E-state index is 11.9. The fourth-order valence-corrected chi connectivity index (χ4v) is 2.01. The number of fused-ring (bicyclic) bond motifs is 1. The van der Waals surface area contributed by atoms with Crippen LogP contribution in [0.2, 0.25) is 0 Å². The van der Waals surface area contributed by atoms with Crippen molar-refractivity contribution in [2.75, 3.05) is 13.7 Å². The van der Waals surface area contributed by atoms with Gasteiger partial charge in [-0.3, -0.25) is 0 Å². The molecular weight excluding hydrogens is 272 g/mol. The van der Waals surface area contributed by atoms with Crippen molar-refractivity contribution in [3.8, 4) is 17.2 Å². The van der Waals surface area contributed by atoms with Crippen LogP contribution < -0.4 is 15.1 Å². The summed E-state index contributed by atoms with van der Waals surface area (Å²) in [5.74, 6) is 0.156. The maximum absolute atomic E-state index is 11.9. The number of phenols is 1. The van der Waals surface area contributed by atoms with Crippen LogP contribution in [-0.4, -0.2) is 18.8 Å². The van der Waals surface area contributed by atoms with Crippen molar-refractivity contribution in [1.82, 2.24) is 0 Å². The van der Waals surface area contributed by atoms with Gasteiger partial charge in [-0.05, 0) is 25.0 Å². The molecule has 1 heterocycles. The number of ether oxygens (including phenoxy) is 2. The Bertz CT molecular complexity index is 700. The minimum absolute atomic E-state index is 0.0198. The molecule has 0 saturated heterocycles. The van der Waals surface area contributed by atoms with Crippen LogP contribution in [0.15, 0.2) is 39.6 Å². The van der Waals surface area contributed by atoms with Crippen LogP contribution >= 0.6 is 0 Å². The lowest BCUT2D eigenvalue weighted by Crippen LogP contribution is -2.08. The third-order valence-corrected chi connectivity index (χ3v) is 2.96. The lowest BCUT2D eigenvalue weighted by molar-refractivity contribution is 0.293. The minimum Gasteiger partial charge on any atom is -0.507 e. The largest absolute Gasteiger partial charge is 0.507 e. The predicted molar refractivity (Wildman–Crippen MR) is 80.2 cm³/mol. The molecule has 0 aliphatic carbocycles. The number of methoxy groups -OCH3 is 1. The topological polar surface area (TPSA) is 68.9 Å². The Labute approximate surface area is 122 Å². The first-order chi connectivity index (χ1) is 10.2. The van der Waals surface area contributed by atoms with Gasteiger partial charge in [0, 0.05) is 0 Å². The molecule has 1 aromatic carbocycles. The van der Waals surface area contributed by atoms with Crippen molar-refractivity contribution < 1.29 is 19.0 Å². The van der Waals surface area contributed by atoms with Crippen molar-refractivity contribution >= 4 is 11.0 Å². The number of hydrogen-bond donors (Lipinski definition) is 1. The number of phenolic OH excluding ortho intramolecular Hbond substituents is 1. The fourth-order valence-electron chi connectivity index (χ4n) is 2.01. The highest BCUT2D eigenvalue weighted by molar-refractivity contribution is 5.91. The Hall–Kier alpha value is -2.43. The number of allylic oxidation sites excluding steroid dienone is 1. The van der Waals surface area contributed by atoms with E-state index in [1.807, 2.05) is 19.1 Å². The van der Waals surface area contributed by atoms with Crippen molar-refractivity contribution in [3.63, 3.8) is 0 Å². The van der Waals surface area contributed by atoms with Crippen molar-refractivity contribution in [3.05, 3.63) is 40.8 Å². The van der Waals surface area contributed by atoms with Gasteiger partial charge in [0.15, 0.2) is 5.75 Å². The Morgan fingerprint density at radius 1 is 1.29 bits per heavy atom. The van der Waals surface area contributed by atoms with Crippen molar-refractivity contribution in [1.29, 1.82) is 0 Å². The summed E-state index contributed by atoms with van der Waals surface area (Å²) in [4.78, 5) is 11.9. The van der Waals surface area contributed by atoms with Crippen molar-refractivity contribution in [2.24, 2.45) is 0 Å². The Balaban J connectivity index is 2.43. The lowest BCUT2D eigenvalue weighted by atomic mass is 10.2. The highest BCUT2D eigenvalue weighted by Crippen LogP contribution is 2.38. The molecule has 0 saturated carbocycles. The molecule has 0 aliphatic heterocycles. The van der Waals surface area contributed by atoms with E-state index in [1.54, 1.807) is 12.1 Å². The number of aromatic hydroxyl groups is 1. The van der Waals surface area contributed by atoms with Gasteiger partial charge in [0.2, 0.25) is 5.75 Å². The minimum atomic E-state index is -0.630. The van der Waals surface area contributed by atoms with Crippen LogP contribution in [-0.2, 0) is 0 Å². The average Bonchev–Trinajstić information content (AvgIpc) is 2.46. The smallest absolute Gasteiger partial charge is 0.383 e. The van der Waals surface area contributed by atoms with Gasteiger partial charge in [0.1, 0.15) is 16.7 Å². The molecule has 0 spiro atoms. The van der Waals surface area contributed by atoms with E-state index in [4.69, 9.17) is 13.9 Å². The fraction of sp³-hybridized carbons (Fsp3) is 0.312. The monoisotopic (exact) mass is 290 g/mol. The maximum Gasteiger partial charge on any atom is 0.383 e. The highest BCUT2D eigenvalue weighted by Gasteiger charge is 2.19. The van der Waals surface area contributed by atoms with Gasteiger partial charge in [0.05, 0.1) is 13.7 Å². The van der Waals surface area contributed by atoms with Crippen molar-refractivity contribution in [2.45, 2.75) is 19.8 Å². The molecule has 0 aliphatic rings. The molecule has 0 bridgehead atoms. The SMILES string of the molecule is CCC=CCCOc1c(OC)c(=O)oc2cccc(O)c12. The Morgan fingerprint density at radius 2 is 2.10 bits per heavy atom. The average molecular weight is 290 g/mol. The van der Waals surface area contributed by atoms with Gasteiger partial charge in [-0.15, -0.1) is 0 Å². The van der Waals surface area contributed by atoms with Gasteiger partial charge >= 0.3 is 5.63 Å². The van der Waals surface area contributed by atoms with E-state index < -0.39 is 5.63 Å². The van der Waals surface area contributed by atoms with Gasteiger partial charge < -0.3 is 19.0 Å². The van der Waals surface area contributed by atoms with E-state index in [9.17, 15) is 9.90 Å². The molecule has 5 nitrogen and oxygen atoms in total. The van der Waals surface area contributed by atoms with E-state index in [1.165, 1.54) is 13.2 Å². The Kier molecular flexibility index (Phi) is 4.87. The molecule has 21 heavy (non-hydrogen) atoms. The third kappa shape index (κ3) is 3.18. The second-order valence-electron chi connectivity index (χ2n) is 4.42. The zero-order valence-corrected chi connectivity index (χ0v) is 12.1. The first-order valence-electron chi connectivity index (χ1n) is 6.79. The normalized spacial score (nSPS) is 11.1. The summed E-state index contributed by atoms with van der Waals surface area (Å²) in [5, 5.41) is 10.3. The number of rotatable bonds is 6. The molecule has 5 heteroatoms. The van der Waals surface area contributed by atoms with E-state index in [0.717, 1.165) is 6.42 Å². The molecule has 2 aromatic rings.